The van der Waals surface area contributed by atoms with Crippen LogP contribution in [0.15, 0.2) is 23.8 Å². The molecule has 33 heavy (non-hydrogen) atoms. The fourth-order valence-corrected chi connectivity index (χ4v) is 4.77. The van der Waals surface area contributed by atoms with Gasteiger partial charge in [0.1, 0.15) is 17.5 Å². The number of hydrogen-bond donors (Lipinski definition) is 4. The number of rotatable bonds is 7. The molecule has 1 aromatic rings. The van der Waals surface area contributed by atoms with Gasteiger partial charge in [-0.3, -0.25) is 9.69 Å². The molecule has 0 bridgehead atoms. The van der Waals surface area contributed by atoms with Gasteiger partial charge in [-0.15, -0.1) is 0 Å². The average Bonchev–Trinajstić information content (AvgIpc) is 2.72. The van der Waals surface area contributed by atoms with Crippen LogP contribution in [0.3, 0.4) is 0 Å². The van der Waals surface area contributed by atoms with Crippen LogP contribution in [0, 0.1) is 0 Å². The Morgan fingerprint density at radius 1 is 1.30 bits per heavy atom. The van der Waals surface area contributed by atoms with E-state index in [0.29, 0.717) is 32.6 Å². The van der Waals surface area contributed by atoms with Gasteiger partial charge in [0.2, 0.25) is 0 Å². The molecule has 0 spiro atoms. The van der Waals surface area contributed by atoms with Gasteiger partial charge in [0.15, 0.2) is 0 Å². The number of hydrogen-bond acceptors (Lipinski definition) is 6. The summed E-state index contributed by atoms with van der Waals surface area (Å²) in [7, 11) is 0. The highest BCUT2D eigenvalue weighted by Crippen LogP contribution is 2.45. The van der Waals surface area contributed by atoms with E-state index < -0.39 is 18.1 Å². The van der Waals surface area contributed by atoms with Crippen molar-refractivity contribution in [2.75, 3.05) is 26.2 Å². The molecule has 0 saturated carbocycles. The molecule has 3 rings (SSSR count). The molecule has 0 amide bonds. The van der Waals surface area contributed by atoms with E-state index in [1.807, 2.05) is 24.8 Å². The standard InChI is InChI=1S/C26H40N2O5/c1-16(2)33-23-13-19(26(3,4)5)12-21(29)24(23)18-8-6-7-17(11-18)22(30)15-28-10-9-27-20(14-28)25(31)32/h7,12-13,16,18,20,22,27,29-30H,6,8-11,14-15H2,1-5H3,(H,31,32). The fourth-order valence-electron chi connectivity index (χ4n) is 4.77. The predicted molar refractivity (Wildman–Crippen MR) is 129 cm³/mol. The summed E-state index contributed by atoms with van der Waals surface area (Å²) >= 11 is 0. The van der Waals surface area contributed by atoms with Gasteiger partial charge in [0.05, 0.1) is 12.2 Å². The monoisotopic (exact) mass is 460 g/mol. The van der Waals surface area contributed by atoms with Gasteiger partial charge >= 0.3 is 5.97 Å². The van der Waals surface area contributed by atoms with Crippen molar-refractivity contribution < 1.29 is 24.9 Å². The number of aromatic hydroxyl groups is 1. The van der Waals surface area contributed by atoms with Crippen molar-refractivity contribution in [3.8, 4) is 11.5 Å². The quantitative estimate of drug-likeness (QED) is 0.463. The third-order valence-electron chi connectivity index (χ3n) is 6.58. The van der Waals surface area contributed by atoms with Gasteiger partial charge in [-0.25, -0.2) is 0 Å². The maximum Gasteiger partial charge on any atom is 0.322 e. The number of aliphatic hydroxyl groups is 1. The smallest absolute Gasteiger partial charge is 0.322 e. The lowest BCUT2D eigenvalue weighted by Crippen LogP contribution is -2.55. The van der Waals surface area contributed by atoms with Crippen LogP contribution in [0.25, 0.3) is 0 Å². The minimum atomic E-state index is -0.863. The number of β-amino-alcohol motifs (C(OH)–C–C–N with tert-alkyl or cyclic N) is 1. The zero-order valence-electron chi connectivity index (χ0n) is 20.6. The molecular formula is C26H40N2O5. The Hall–Kier alpha value is -2.09. The Labute approximate surface area is 197 Å². The van der Waals surface area contributed by atoms with E-state index in [2.05, 4.69) is 38.2 Å². The van der Waals surface area contributed by atoms with Crippen molar-refractivity contribution in [1.29, 1.82) is 0 Å². The van der Waals surface area contributed by atoms with E-state index in [1.54, 1.807) is 0 Å². The summed E-state index contributed by atoms with van der Waals surface area (Å²) in [5, 5.41) is 34.3. The maximum absolute atomic E-state index is 11.3. The Morgan fingerprint density at radius 3 is 2.67 bits per heavy atom. The lowest BCUT2D eigenvalue weighted by atomic mass is 9.79. The Balaban J connectivity index is 1.77. The normalized spacial score (nSPS) is 23.3. The molecule has 184 valence electrons. The Kier molecular flexibility index (Phi) is 8.08. The van der Waals surface area contributed by atoms with Gasteiger partial charge in [-0.1, -0.05) is 26.8 Å². The van der Waals surface area contributed by atoms with Crippen LogP contribution in [0.5, 0.6) is 11.5 Å². The molecule has 2 aliphatic rings. The van der Waals surface area contributed by atoms with Crippen LogP contribution in [0.2, 0.25) is 0 Å². The second-order valence-corrected chi connectivity index (χ2v) is 10.7. The molecule has 7 nitrogen and oxygen atoms in total. The molecule has 3 unspecified atom stereocenters. The fraction of sp³-hybridized carbons (Fsp3) is 0.654. The largest absolute Gasteiger partial charge is 0.508 e. The molecule has 1 fully saturated rings. The first-order valence-corrected chi connectivity index (χ1v) is 12.0. The molecule has 4 N–H and O–H groups in total. The number of nitrogens with one attached hydrogen (secondary N) is 1. The van der Waals surface area contributed by atoms with Crippen LogP contribution >= 0.6 is 0 Å². The lowest BCUT2D eigenvalue weighted by molar-refractivity contribution is -0.140. The number of phenols is 1. The van der Waals surface area contributed by atoms with E-state index in [4.69, 9.17) is 4.74 Å². The maximum atomic E-state index is 11.3. The second kappa shape index (κ2) is 10.5. The summed E-state index contributed by atoms with van der Waals surface area (Å²) in [5.74, 6) is 0.169. The summed E-state index contributed by atoms with van der Waals surface area (Å²) < 4.78 is 6.15. The van der Waals surface area contributed by atoms with E-state index in [9.17, 15) is 20.1 Å². The molecule has 3 atom stereocenters. The average molecular weight is 461 g/mol. The molecule has 1 heterocycles. The van der Waals surface area contributed by atoms with Crippen LogP contribution in [0.1, 0.15) is 70.9 Å². The minimum Gasteiger partial charge on any atom is -0.508 e. The summed E-state index contributed by atoms with van der Waals surface area (Å²) in [6, 6.07) is 3.30. The number of ether oxygens (including phenoxy) is 1. The SMILES string of the molecule is CC(C)Oc1cc(C(C)(C)C)cc(O)c1C1CCC=C(C(O)CN2CCNC(C(=O)O)C2)C1. The van der Waals surface area contributed by atoms with E-state index in [0.717, 1.165) is 35.3 Å². The Bertz CT molecular complexity index is 874. The van der Waals surface area contributed by atoms with Gasteiger partial charge in [0, 0.05) is 31.7 Å². The molecular weight excluding hydrogens is 420 g/mol. The van der Waals surface area contributed by atoms with Crippen LogP contribution in [0.4, 0.5) is 0 Å². The molecule has 1 saturated heterocycles. The number of benzene rings is 1. The number of piperazine rings is 1. The van der Waals surface area contributed by atoms with Gasteiger partial charge in [-0.05, 0) is 67.7 Å². The lowest BCUT2D eigenvalue weighted by Gasteiger charge is -2.35. The van der Waals surface area contributed by atoms with E-state index >= 15 is 0 Å². The van der Waals surface area contributed by atoms with Crippen molar-refractivity contribution in [3.63, 3.8) is 0 Å². The van der Waals surface area contributed by atoms with Gasteiger partial charge in [-0.2, -0.15) is 0 Å². The van der Waals surface area contributed by atoms with E-state index in [1.165, 1.54) is 0 Å². The molecule has 1 aliphatic heterocycles. The summed E-state index contributed by atoms with van der Waals surface area (Å²) in [5.41, 5.74) is 2.68. The number of aliphatic hydroxyl groups excluding tert-OH is 1. The highest BCUT2D eigenvalue weighted by Gasteiger charge is 2.31. The summed E-state index contributed by atoms with van der Waals surface area (Å²) in [6.07, 6.45) is 3.76. The molecule has 0 aromatic heterocycles. The summed E-state index contributed by atoms with van der Waals surface area (Å²) in [4.78, 5) is 13.3. The molecule has 1 aromatic carbocycles. The van der Waals surface area contributed by atoms with Gasteiger partial charge in [0.25, 0.3) is 0 Å². The Morgan fingerprint density at radius 2 is 2.03 bits per heavy atom. The number of phenolic OH excluding ortho intramolecular Hbond substituents is 1. The van der Waals surface area contributed by atoms with Crippen LogP contribution < -0.4 is 10.1 Å². The van der Waals surface area contributed by atoms with E-state index in [-0.39, 0.29) is 23.2 Å². The first-order valence-electron chi connectivity index (χ1n) is 12.0. The molecule has 1 aliphatic carbocycles. The topological polar surface area (TPSA) is 102 Å². The van der Waals surface area contributed by atoms with Crippen molar-refractivity contribution in [3.05, 3.63) is 34.9 Å². The number of carbonyl (C=O) groups is 1. The highest BCUT2D eigenvalue weighted by molar-refractivity contribution is 5.73. The first kappa shape index (κ1) is 25.5. The second-order valence-electron chi connectivity index (χ2n) is 10.7. The van der Waals surface area contributed by atoms with Crippen molar-refractivity contribution in [2.45, 2.75) is 83.5 Å². The highest BCUT2D eigenvalue weighted by atomic mass is 16.5. The van der Waals surface area contributed by atoms with Crippen molar-refractivity contribution in [1.82, 2.24) is 10.2 Å². The minimum absolute atomic E-state index is 0.0162. The number of carboxylic acid groups (broad SMARTS) is 1. The van der Waals surface area contributed by atoms with Crippen LogP contribution in [-0.2, 0) is 10.2 Å². The third kappa shape index (κ3) is 6.49. The number of allylic oxidation sites excluding steroid dienone is 1. The van der Waals surface area contributed by atoms with Crippen molar-refractivity contribution in [2.24, 2.45) is 0 Å². The summed E-state index contributed by atoms with van der Waals surface area (Å²) in [6.45, 7) is 12.4. The van der Waals surface area contributed by atoms with Crippen molar-refractivity contribution >= 4 is 5.97 Å². The molecule has 7 heteroatoms. The zero-order valence-corrected chi connectivity index (χ0v) is 20.6. The predicted octanol–water partition coefficient (Wildman–Crippen LogP) is 3.39. The third-order valence-corrected chi connectivity index (χ3v) is 6.58. The molecule has 0 radical (unpaired) electrons. The number of carboxylic acids is 1. The zero-order chi connectivity index (χ0) is 24.3. The number of nitrogens with zero attached hydrogens (tertiary/aromatic N) is 1. The van der Waals surface area contributed by atoms with Crippen LogP contribution in [-0.4, -0.2) is 70.6 Å². The number of aliphatic carboxylic acids is 1. The first-order chi connectivity index (χ1) is 15.5. The van der Waals surface area contributed by atoms with Gasteiger partial charge < -0.3 is 25.4 Å².